The maximum atomic E-state index is 12.7. The van der Waals surface area contributed by atoms with Crippen LogP contribution < -0.4 is 0 Å². The molecule has 1 aliphatic rings. The number of benzene rings is 1. The molecule has 0 spiro atoms. The number of nitrogens with zero attached hydrogens (tertiary/aromatic N) is 3. The molecule has 4 aromatic rings. The number of esters is 1. The van der Waals surface area contributed by atoms with E-state index in [1.54, 1.807) is 13.0 Å². The molecular weight excluding hydrogens is 334 g/mol. The number of hydrogen-bond acceptors (Lipinski definition) is 7. The molecule has 1 fully saturated rings. The molecule has 0 bridgehead atoms. The Kier molecular flexibility index (Phi) is 3.28. The van der Waals surface area contributed by atoms with Crippen molar-refractivity contribution in [2.45, 2.75) is 32.3 Å². The molecule has 1 saturated carbocycles. The lowest BCUT2D eigenvalue weighted by molar-refractivity contribution is 0.0442. The molecule has 130 valence electrons. The van der Waals surface area contributed by atoms with E-state index in [4.69, 9.17) is 13.7 Å². The minimum atomic E-state index is -0.465. The first-order valence-electron chi connectivity index (χ1n) is 8.47. The van der Waals surface area contributed by atoms with Gasteiger partial charge in [-0.15, -0.1) is 0 Å². The van der Waals surface area contributed by atoms with Crippen LogP contribution in [0.4, 0.5) is 0 Å². The van der Waals surface area contributed by atoms with Crippen LogP contribution in [0.2, 0.25) is 0 Å². The average molecular weight is 349 g/mol. The van der Waals surface area contributed by atoms with Gasteiger partial charge in [0.2, 0.25) is 5.89 Å². The number of ether oxygens (including phenoxy) is 1. The summed E-state index contributed by atoms with van der Waals surface area (Å²) in [6.07, 6.45) is 2.14. The predicted octanol–water partition coefficient (Wildman–Crippen LogP) is 3.91. The van der Waals surface area contributed by atoms with Crippen molar-refractivity contribution in [2.75, 3.05) is 0 Å². The first-order chi connectivity index (χ1) is 12.7. The van der Waals surface area contributed by atoms with Crippen LogP contribution in [0.15, 0.2) is 39.3 Å². The number of fused-ring (bicyclic) bond motifs is 2. The van der Waals surface area contributed by atoms with Crippen molar-refractivity contribution in [3.05, 3.63) is 53.2 Å². The number of carbonyl (C=O) groups is 1. The van der Waals surface area contributed by atoms with E-state index in [1.165, 1.54) is 0 Å². The molecule has 0 aliphatic heterocycles. The van der Waals surface area contributed by atoms with E-state index in [-0.39, 0.29) is 6.61 Å². The van der Waals surface area contributed by atoms with Gasteiger partial charge in [-0.3, -0.25) is 0 Å². The maximum absolute atomic E-state index is 12.7. The number of para-hydroxylation sites is 2. The quantitative estimate of drug-likeness (QED) is 0.516. The molecule has 3 aromatic heterocycles. The summed E-state index contributed by atoms with van der Waals surface area (Å²) >= 11 is 0. The van der Waals surface area contributed by atoms with E-state index < -0.39 is 5.97 Å². The molecule has 0 saturated heterocycles. The predicted molar refractivity (Wildman–Crippen MR) is 91.6 cm³/mol. The van der Waals surface area contributed by atoms with Crippen LogP contribution in [0, 0.1) is 6.92 Å². The summed E-state index contributed by atoms with van der Waals surface area (Å²) in [4.78, 5) is 21.5. The van der Waals surface area contributed by atoms with Crippen LogP contribution in [-0.4, -0.2) is 21.1 Å². The zero-order valence-corrected chi connectivity index (χ0v) is 14.1. The van der Waals surface area contributed by atoms with Crippen molar-refractivity contribution in [2.24, 2.45) is 0 Å². The molecule has 5 rings (SSSR count). The van der Waals surface area contributed by atoms with Crippen LogP contribution in [0.3, 0.4) is 0 Å². The van der Waals surface area contributed by atoms with Crippen molar-refractivity contribution in [1.29, 1.82) is 0 Å². The number of pyridine rings is 1. The topological polar surface area (TPSA) is 91.2 Å². The summed E-state index contributed by atoms with van der Waals surface area (Å²) in [5.41, 5.74) is 3.66. The Morgan fingerprint density at radius 2 is 2.12 bits per heavy atom. The third-order valence-electron chi connectivity index (χ3n) is 4.52. The minimum Gasteiger partial charge on any atom is -0.452 e. The van der Waals surface area contributed by atoms with Crippen molar-refractivity contribution in [1.82, 2.24) is 15.1 Å². The number of hydrogen-bond donors (Lipinski definition) is 0. The smallest absolute Gasteiger partial charge is 0.339 e. The SMILES string of the molecule is Cc1noc2nc(C3CC3)cc(C(=O)OCc3nc4ccccc4o3)c12. The summed E-state index contributed by atoms with van der Waals surface area (Å²) in [7, 11) is 0. The fraction of sp³-hybridized carbons (Fsp3) is 0.263. The van der Waals surface area contributed by atoms with Gasteiger partial charge < -0.3 is 13.7 Å². The van der Waals surface area contributed by atoms with Gasteiger partial charge in [0.25, 0.3) is 5.71 Å². The van der Waals surface area contributed by atoms with Crippen LogP contribution in [-0.2, 0) is 11.3 Å². The number of aryl methyl sites for hydroxylation is 1. The fourth-order valence-corrected chi connectivity index (χ4v) is 3.05. The highest BCUT2D eigenvalue weighted by Gasteiger charge is 2.29. The Morgan fingerprint density at radius 1 is 1.27 bits per heavy atom. The highest BCUT2D eigenvalue weighted by Crippen LogP contribution is 2.40. The Morgan fingerprint density at radius 3 is 2.92 bits per heavy atom. The van der Waals surface area contributed by atoms with Crippen LogP contribution in [0.25, 0.3) is 22.2 Å². The van der Waals surface area contributed by atoms with Crippen LogP contribution in [0.1, 0.15) is 46.4 Å². The van der Waals surface area contributed by atoms with E-state index in [2.05, 4.69) is 15.1 Å². The molecule has 7 heteroatoms. The Labute approximate surface area is 148 Å². The molecule has 3 heterocycles. The van der Waals surface area contributed by atoms with E-state index >= 15 is 0 Å². The molecule has 1 aliphatic carbocycles. The molecule has 0 amide bonds. The summed E-state index contributed by atoms with van der Waals surface area (Å²) in [5, 5.41) is 4.53. The summed E-state index contributed by atoms with van der Waals surface area (Å²) in [5.74, 6) is 0.274. The normalized spacial score (nSPS) is 14.2. The van der Waals surface area contributed by atoms with E-state index in [0.717, 1.165) is 24.1 Å². The van der Waals surface area contributed by atoms with Gasteiger partial charge in [0.05, 0.1) is 16.6 Å². The molecule has 0 atom stereocenters. The zero-order chi connectivity index (χ0) is 17.7. The zero-order valence-electron chi connectivity index (χ0n) is 14.1. The standard InChI is InChI=1S/C19H15N3O4/c1-10-17-12(8-14(11-6-7-11)21-18(17)26-22-10)19(23)24-9-16-20-13-4-2-3-5-15(13)25-16/h2-5,8,11H,6-7,9H2,1H3. The van der Waals surface area contributed by atoms with Gasteiger partial charge in [0.1, 0.15) is 5.52 Å². The van der Waals surface area contributed by atoms with Gasteiger partial charge in [-0.2, -0.15) is 0 Å². The molecule has 0 unspecified atom stereocenters. The Balaban J connectivity index is 1.45. The third-order valence-corrected chi connectivity index (χ3v) is 4.52. The van der Waals surface area contributed by atoms with Gasteiger partial charge in [-0.05, 0) is 38.0 Å². The molecule has 7 nitrogen and oxygen atoms in total. The Bertz CT molecular complexity index is 1110. The number of carbonyl (C=O) groups excluding carboxylic acids is 1. The van der Waals surface area contributed by atoms with E-state index in [9.17, 15) is 4.79 Å². The maximum Gasteiger partial charge on any atom is 0.339 e. The van der Waals surface area contributed by atoms with Crippen LogP contribution in [0.5, 0.6) is 0 Å². The summed E-state index contributed by atoms with van der Waals surface area (Å²) in [6.45, 7) is 1.74. The molecule has 0 radical (unpaired) electrons. The molecule has 1 aromatic carbocycles. The van der Waals surface area contributed by atoms with Crippen molar-refractivity contribution >= 4 is 28.2 Å². The number of rotatable bonds is 4. The first-order valence-corrected chi connectivity index (χ1v) is 8.47. The highest BCUT2D eigenvalue weighted by atomic mass is 16.5. The van der Waals surface area contributed by atoms with Gasteiger partial charge in [-0.1, -0.05) is 17.3 Å². The van der Waals surface area contributed by atoms with Crippen molar-refractivity contribution in [3.8, 4) is 0 Å². The number of oxazole rings is 1. The van der Waals surface area contributed by atoms with Gasteiger partial charge in [-0.25, -0.2) is 14.8 Å². The third kappa shape index (κ3) is 2.52. The second kappa shape index (κ2) is 5.66. The van der Waals surface area contributed by atoms with Crippen LogP contribution >= 0.6 is 0 Å². The van der Waals surface area contributed by atoms with Gasteiger partial charge in [0.15, 0.2) is 12.2 Å². The van der Waals surface area contributed by atoms with Gasteiger partial charge >= 0.3 is 5.97 Å². The average Bonchev–Trinajstić information content (AvgIpc) is 3.32. The minimum absolute atomic E-state index is 0.0413. The lowest BCUT2D eigenvalue weighted by Crippen LogP contribution is -2.08. The fourth-order valence-electron chi connectivity index (χ4n) is 3.05. The number of aromatic nitrogens is 3. The Hall–Kier alpha value is -3.22. The van der Waals surface area contributed by atoms with E-state index in [0.29, 0.717) is 39.7 Å². The molecular formula is C19H15N3O4. The second-order valence-corrected chi connectivity index (χ2v) is 6.47. The van der Waals surface area contributed by atoms with Crippen molar-refractivity contribution in [3.63, 3.8) is 0 Å². The first kappa shape index (κ1) is 15.1. The lowest BCUT2D eigenvalue weighted by atomic mass is 10.1. The summed E-state index contributed by atoms with van der Waals surface area (Å²) in [6, 6.07) is 9.20. The second-order valence-electron chi connectivity index (χ2n) is 6.47. The van der Waals surface area contributed by atoms with Crippen molar-refractivity contribution < 1.29 is 18.5 Å². The van der Waals surface area contributed by atoms with Gasteiger partial charge in [0, 0.05) is 11.6 Å². The largest absolute Gasteiger partial charge is 0.452 e. The molecule has 0 N–H and O–H groups in total. The molecule has 26 heavy (non-hydrogen) atoms. The van der Waals surface area contributed by atoms with E-state index in [1.807, 2.05) is 24.3 Å². The monoisotopic (exact) mass is 349 g/mol. The highest BCUT2D eigenvalue weighted by molar-refractivity contribution is 6.03. The lowest BCUT2D eigenvalue weighted by Gasteiger charge is -2.06. The summed E-state index contributed by atoms with van der Waals surface area (Å²) < 4.78 is 16.3.